The summed E-state index contributed by atoms with van der Waals surface area (Å²) >= 11 is 1.60. The number of thiophene rings is 1. The largest absolute Gasteiger partial charge is 0.383 e. The second-order valence-electron chi connectivity index (χ2n) is 4.66. The quantitative estimate of drug-likeness (QED) is 0.768. The fourth-order valence-corrected chi connectivity index (χ4v) is 3.25. The van der Waals surface area contributed by atoms with Crippen LogP contribution in [0.25, 0.3) is 21.6 Å². The molecular formula is C17H13N3S. The van der Waals surface area contributed by atoms with E-state index in [0.29, 0.717) is 5.56 Å². The van der Waals surface area contributed by atoms with Crippen LogP contribution < -0.4 is 5.73 Å². The van der Waals surface area contributed by atoms with E-state index in [1.54, 1.807) is 11.3 Å². The molecule has 2 N–H and O–H groups in total. The Morgan fingerprint density at radius 2 is 1.86 bits per heavy atom. The van der Waals surface area contributed by atoms with Crippen molar-refractivity contribution in [1.82, 2.24) is 4.98 Å². The van der Waals surface area contributed by atoms with Crippen molar-refractivity contribution in [3.05, 3.63) is 59.1 Å². The number of anilines is 1. The van der Waals surface area contributed by atoms with Crippen molar-refractivity contribution < 1.29 is 0 Å². The molecule has 2 aromatic heterocycles. The predicted octanol–water partition coefficient (Wildman–Crippen LogP) is 4.24. The third kappa shape index (κ3) is 2.28. The Labute approximate surface area is 127 Å². The maximum Gasteiger partial charge on any atom is 0.142 e. The van der Waals surface area contributed by atoms with Crippen LogP contribution in [0.4, 0.5) is 5.82 Å². The molecule has 0 bridgehead atoms. The van der Waals surface area contributed by atoms with Gasteiger partial charge in [0.25, 0.3) is 0 Å². The molecule has 4 heteroatoms. The number of hydrogen-bond acceptors (Lipinski definition) is 4. The third-order valence-electron chi connectivity index (χ3n) is 3.35. The topological polar surface area (TPSA) is 62.7 Å². The lowest BCUT2D eigenvalue weighted by Gasteiger charge is -2.14. The summed E-state index contributed by atoms with van der Waals surface area (Å²) in [7, 11) is 0. The molecule has 0 aliphatic rings. The predicted molar refractivity (Wildman–Crippen MR) is 86.9 cm³/mol. The first-order chi connectivity index (χ1) is 10.2. The first kappa shape index (κ1) is 13.3. The SMILES string of the molecule is Cc1nc(N)c(C#N)c(-c2cccs2)c1-c1ccccc1. The highest BCUT2D eigenvalue weighted by Crippen LogP contribution is 2.40. The number of rotatable bonds is 2. The lowest BCUT2D eigenvalue weighted by Crippen LogP contribution is -2.02. The average Bonchev–Trinajstić information content (AvgIpc) is 3.01. The molecule has 102 valence electrons. The maximum absolute atomic E-state index is 9.49. The normalized spacial score (nSPS) is 10.3. The van der Waals surface area contributed by atoms with Crippen LogP contribution in [0.5, 0.6) is 0 Å². The van der Waals surface area contributed by atoms with E-state index in [1.165, 1.54) is 0 Å². The number of benzene rings is 1. The Balaban J connectivity index is 2.42. The lowest BCUT2D eigenvalue weighted by atomic mass is 9.94. The van der Waals surface area contributed by atoms with Gasteiger partial charge in [-0.3, -0.25) is 0 Å². The molecular weight excluding hydrogens is 278 g/mol. The zero-order valence-corrected chi connectivity index (χ0v) is 12.3. The van der Waals surface area contributed by atoms with Crippen LogP contribution >= 0.6 is 11.3 Å². The van der Waals surface area contributed by atoms with Gasteiger partial charge < -0.3 is 5.73 Å². The summed E-state index contributed by atoms with van der Waals surface area (Å²) in [4.78, 5) is 5.38. The zero-order valence-electron chi connectivity index (χ0n) is 11.5. The highest BCUT2D eigenvalue weighted by Gasteiger charge is 2.19. The summed E-state index contributed by atoms with van der Waals surface area (Å²) in [6.45, 7) is 1.93. The van der Waals surface area contributed by atoms with E-state index in [1.807, 2.05) is 54.8 Å². The molecule has 0 aliphatic heterocycles. The Morgan fingerprint density at radius 1 is 1.10 bits per heavy atom. The van der Waals surface area contributed by atoms with Crippen molar-refractivity contribution in [2.24, 2.45) is 0 Å². The van der Waals surface area contributed by atoms with E-state index >= 15 is 0 Å². The summed E-state index contributed by atoms with van der Waals surface area (Å²) in [5.74, 6) is 0.290. The van der Waals surface area contributed by atoms with Crippen LogP contribution in [0.15, 0.2) is 47.8 Å². The summed E-state index contributed by atoms with van der Waals surface area (Å²) in [6, 6.07) is 16.2. The van der Waals surface area contributed by atoms with Crippen molar-refractivity contribution in [2.75, 3.05) is 5.73 Å². The summed E-state index contributed by atoms with van der Waals surface area (Å²) in [6.07, 6.45) is 0. The van der Waals surface area contributed by atoms with E-state index in [0.717, 1.165) is 27.3 Å². The molecule has 0 spiro atoms. The van der Waals surface area contributed by atoms with Gasteiger partial charge in [0.05, 0.1) is 0 Å². The Kier molecular flexibility index (Phi) is 3.43. The summed E-state index contributed by atoms with van der Waals surface area (Å²) < 4.78 is 0. The lowest BCUT2D eigenvalue weighted by molar-refractivity contribution is 1.20. The number of aryl methyl sites for hydroxylation is 1. The minimum Gasteiger partial charge on any atom is -0.383 e. The highest BCUT2D eigenvalue weighted by atomic mass is 32.1. The van der Waals surface area contributed by atoms with Gasteiger partial charge in [-0.15, -0.1) is 11.3 Å². The van der Waals surface area contributed by atoms with E-state index in [9.17, 15) is 5.26 Å². The van der Waals surface area contributed by atoms with Crippen LogP contribution in [0, 0.1) is 18.3 Å². The molecule has 2 heterocycles. The molecule has 0 unspecified atom stereocenters. The second-order valence-corrected chi connectivity index (χ2v) is 5.61. The molecule has 0 aliphatic carbocycles. The molecule has 21 heavy (non-hydrogen) atoms. The molecule has 0 radical (unpaired) electrons. The van der Waals surface area contributed by atoms with Crippen LogP contribution in [0.2, 0.25) is 0 Å². The molecule has 0 saturated carbocycles. The summed E-state index contributed by atoms with van der Waals surface area (Å²) in [5.41, 5.74) is 10.1. The van der Waals surface area contributed by atoms with Crippen molar-refractivity contribution >= 4 is 17.2 Å². The van der Waals surface area contributed by atoms with Crippen molar-refractivity contribution in [1.29, 1.82) is 5.26 Å². The molecule has 0 atom stereocenters. The highest BCUT2D eigenvalue weighted by molar-refractivity contribution is 7.13. The van der Waals surface area contributed by atoms with E-state index in [4.69, 9.17) is 5.73 Å². The van der Waals surface area contributed by atoms with Gasteiger partial charge in [0, 0.05) is 21.7 Å². The van der Waals surface area contributed by atoms with Gasteiger partial charge in [0.1, 0.15) is 17.5 Å². The van der Waals surface area contributed by atoms with Crippen molar-refractivity contribution in [3.63, 3.8) is 0 Å². The van der Waals surface area contributed by atoms with Crippen molar-refractivity contribution in [3.8, 4) is 27.6 Å². The third-order valence-corrected chi connectivity index (χ3v) is 4.24. The standard InChI is InChI=1S/C17H13N3S/c1-11-15(12-6-3-2-4-7-12)16(14-8-5-9-21-14)13(10-18)17(19)20-11/h2-9H,1H3,(H2,19,20). The number of aromatic nitrogens is 1. The van der Waals surface area contributed by atoms with Crippen LogP contribution in [0.3, 0.4) is 0 Å². The van der Waals surface area contributed by atoms with Gasteiger partial charge in [0.15, 0.2) is 0 Å². The molecule has 3 aromatic rings. The van der Waals surface area contributed by atoms with Crippen molar-refractivity contribution in [2.45, 2.75) is 6.92 Å². The Hall–Kier alpha value is -2.64. The minimum atomic E-state index is 0.290. The number of hydrogen-bond donors (Lipinski definition) is 1. The molecule has 3 nitrogen and oxygen atoms in total. The van der Waals surface area contributed by atoms with Crippen LogP contribution in [-0.2, 0) is 0 Å². The first-order valence-corrected chi connectivity index (χ1v) is 7.40. The van der Waals surface area contributed by atoms with E-state index in [-0.39, 0.29) is 5.82 Å². The Morgan fingerprint density at radius 3 is 2.48 bits per heavy atom. The summed E-state index contributed by atoms with van der Waals surface area (Å²) in [5, 5.41) is 11.5. The van der Waals surface area contributed by atoms with Gasteiger partial charge in [-0.1, -0.05) is 36.4 Å². The van der Waals surface area contributed by atoms with Gasteiger partial charge in [-0.05, 0) is 23.9 Å². The average molecular weight is 291 g/mol. The minimum absolute atomic E-state index is 0.290. The molecule has 0 amide bonds. The first-order valence-electron chi connectivity index (χ1n) is 6.52. The fraction of sp³-hybridized carbons (Fsp3) is 0.0588. The van der Waals surface area contributed by atoms with Gasteiger partial charge in [0.2, 0.25) is 0 Å². The number of pyridine rings is 1. The number of nitrogens with zero attached hydrogens (tertiary/aromatic N) is 2. The maximum atomic E-state index is 9.49. The molecule has 3 rings (SSSR count). The van der Waals surface area contributed by atoms with Gasteiger partial charge in [-0.25, -0.2) is 4.98 Å². The Bertz CT molecular complexity index is 815. The van der Waals surface area contributed by atoms with Crippen LogP contribution in [-0.4, -0.2) is 4.98 Å². The molecule has 0 fully saturated rings. The monoisotopic (exact) mass is 291 g/mol. The molecule has 1 aromatic carbocycles. The number of nitriles is 1. The van der Waals surface area contributed by atoms with E-state index in [2.05, 4.69) is 11.1 Å². The van der Waals surface area contributed by atoms with Crippen LogP contribution in [0.1, 0.15) is 11.3 Å². The zero-order chi connectivity index (χ0) is 14.8. The second kappa shape index (κ2) is 5.39. The van der Waals surface area contributed by atoms with E-state index < -0.39 is 0 Å². The van der Waals surface area contributed by atoms with Gasteiger partial charge >= 0.3 is 0 Å². The number of nitrogens with two attached hydrogens (primary N) is 1. The smallest absolute Gasteiger partial charge is 0.142 e. The number of nitrogen functional groups attached to an aromatic ring is 1. The van der Waals surface area contributed by atoms with Gasteiger partial charge in [-0.2, -0.15) is 5.26 Å². The molecule has 0 saturated heterocycles. The fourth-order valence-electron chi connectivity index (χ4n) is 2.46.